The summed E-state index contributed by atoms with van der Waals surface area (Å²) >= 11 is 0. The average molecular weight is 242 g/mol. The van der Waals surface area contributed by atoms with Crippen LogP contribution in [0.3, 0.4) is 0 Å². The van der Waals surface area contributed by atoms with E-state index in [-0.39, 0.29) is 0 Å². The monoisotopic (exact) mass is 242 g/mol. The van der Waals surface area contributed by atoms with Gasteiger partial charge in [0.25, 0.3) is 0 Å². The Hall–Kier alpha value is -1.30. The largest absolute Gasteiger partial charge is 0.0961 e. The van der Waals surface area contributed by atoms with E-state index in [1.165, 1.54) is 42.4 Å². The molecule has 0 aromatic carbocycles. The van der Waals surface area contributed by atoms with Crippen molar-refractivity contribution in [3.63, 3.8) is 0 Å². The lowest BCUT2D eigenvalue weighted by molar-refractivity contribution is 0.801. The summed E-state index contributed by atoms with van der Waals surface area (Å²) < 4.78 is 0. The maximum atomic E-state index is 4.06. The number of unbranched alkanes of at least 4 members (excludes halogenated alkanes) is 1. The van der Waals surface area contributed by atoms with Gasteiger partial charge in [-0.3, -0.25) is 0 Å². The van der Waals surface area contributed by atoms with Crippen LogP contribution in [0.25, 0.3) is 0 Å². The first kappa shape index (κ1) is 14.8. The van der Waals surface area contributed by atoms with Gasteiger partial charge in [0.2, 0.25) is 0 Å². The molecule has 1 rings (SSSR count). The maximum Gasteiger partial charge on any atom is -0.0239 e. The zero-order valence-electron chi connectivity index (χ0n) is 12.2. The molecule has 1 aliphatic rings. The molecule has 0 aliphatic heterocycles. The number of hydrogen-bond acceptors (Lipinski definition) is 0. The van der Waals surface area contributed by atoms with Gasteiger partial charge in [0.05, 0.1) is 0 Å². The van der Waals surface area contributed by atoms with Crippen molar-refractivity contribution < 1.29 is 0 Å². The second-order valence-corrected chi connectivity index (χ2v) is 5.40. The molecule has 0 saturated carbocycles. The zero-order chi connectivity index (χ0) is 13.5. The maximum absolute atomic E-state index is 4.06. The van der Waals surface area contributed by atoms with E-state index in [1.807, 2.05) is 6.92 Å². The number of allylic oxidation sites excluding steroid dienone is 8. The molecule has 0 nitrogen and oxygen atoms in total. The smallest absolute Gasteiger partial charge is 0.0239 e. The normalized spacial score (nSPS) is 16.1. The Morgan fingerprint density at radius 2 is 2.00 bits per heavy atom. The van der Waals surface area contributed by atoms with E-state index in [4.69, 9.17) is 0 Å². The third kappa shape index (κ3) is 4.91. The van der Waals surface area contributed by atoms with Crippen LogP contribution in [0, 0.1) is 0 Å². The van der Waals surface area contributed by atoms with Crippen LogP contribution < -0.4 is 0 Å². The fourth-order valence-electron chi connectivity index (χ4n) is 2.21. The molecule has 0 atom stereocenters. The van der Waals surface area contributed by atoms with Gasteiger partial charge in [-0.15, -0.1) is 0 Å². The molecule has 0 heteroatoms. The van der Waals surface area contributed by atoms with Crippen LogP contribution in [-0.2, 0) is 0 Å². The van der Waals surface area contributed by atoms with Crippen LogP contribution in [-0.4, -0.2) is 0 Å². The summed E-state index contributed by atoms with van der Waals surface area (Å²) in [4.78, 5) is 0. The summed E-state index contributed by atoms with van der Waals surface area (Å²) in [6, 6.07) is 0. The second-order valence-electron chi connectivity index (χ2n) is 5.40. The lowest BCUT2D eigenvalue weighted by Gasteiger charge is -2.18. The molecule has 0 spiro atoms. The molecule has 0 aromatic rings. The molecule has 1 aliphatic carbocycles. The predicted octanol–water partition coefficient (Wildman–Crippen LogP) is 5.90. The highest BCUT2D eigenvalue weighted by Gasteiger charge is 2.10. The third-order valence-corrected chi connectivity index (χ3v) is 3.43. The Labute approximate surface area is 112 Å². The molecular weight excluding hydrogens is 216 g/mol. The van der Waals surface area contributed by atoms with E-state index in [0.29, 0.717) is 0 Å². The average Bonchev–Trinajstić information content (AvgIpc) is 2.30. The summed E-state index contributed by atoms with van der Waals surface area (Å²) in [6.45, 7) is 14.3. The van der Waals surface area contributed by atoms with Gasteiger partial charge < -0.3 is 0 Å². The molecule has 0 saturated heterocycles. The first-order valence-corrected chi connectivity index (χ1v) is 6.88. The molecule has 0 amide bonds. The summed E-state index contributed by atoms with van der Waals surface area (Å²) in [5.41, 5.74) is 6.88. The fraction of sp³-hybridized carbons (Fsp3) is 0.444. The molecule has 0 N–H and O–H groups in total. The van der Waals surface area contributed by atoms with E-state index in [9.17, 15) is 0 Å². The van der Waals surface area contributed by atoms with Crippen LogP contribution in [0.15, 0.2) is 59.3 Å². The van der Waals surface area contributed by atoms with Crippen molar-refractivity contribution in [1.82, 2.24) is 0 Å². The Balaban J connectivity index is 2.50. The minimum Gasteiger partial charge on any atom is -0.0961 e. The molecule has 0 heterocycles. The van der Waals surface area contributed by atoms with Gasteiger partial charge in [0.1, 0.15) is 0 Å². The van der Waals surface area contributed by atoms with Crippen molar-refractivity contribution >= 4 is 0 Å². The van der Waals surface area contributed by atoms with Crippen molar-refractivity contribution in [2.75, 3.05) is 0 Å². The molecule has 0 unspecified atom stereocenters. The van der Waals surface area contributed by atoms with Gasteiger partial charge in [0.15, 0.2) is 0 Å². The van der Waals surface area contributed by atoms with Crippen LogP contribution in [0.2, 0.25) is 0 Å². The van der Waals surface area contributed by atoms with E-state index in [2.05, 4.69) is 45.2 Å². The highest BCUT2D eigenvalue weighted by molar-refractivity contribution is 5.40. The Morgan fingerprint density at radius 1 is 1.28 bits per heavy atom. The minimum absolute atomic E-state index is 1.13. The summed E-state index contributed by atoms with van der Waals surface area (Å²) in [6.07, 6.45) is 12.6. The molecule has 0 bridgehead atoms. The Kier molecular flexibility index (Phi) is 5.91. The third-order valence-electron chi connectivity index (χ3n) is 3.43. The van der Waals surface area contributed by atoms with Gasteiger partial charge in [-0.05, 0) is 64.0 Å². The predicted molar refractivity (Wildman–Crippen MR) is 82.6 cm³/mol. The summed E-state index contributed by atoms with van der Waals surface area (Å²) in [5.74, 6) is 0. The van der Waals surface area contributed by atoms with E-state index < -0.39 is 0 Å². The summed E-state index contributed by atoms with van der Waals surface area (Å²) in [7, 11) is 0. The number of rotatable bonds is 6. The first-order chi connectivity index (χ1) is 8.50. The van der Waals surface area contributed by atoms with Gasteiger partial charge >= 0.3 is 0 Å². The van der Waals surface area contributed by atoms with Crippen LogP contribution in [0.4, 0.5) is 0 Å². The topological polar surface area (TPSA) is 0 Å². The van der Waals surface area contributed by atoms with Gasteiger partial charge in [-0.1, -0.05) is 48.1 Å². The SMILES string of the molecule is C=C(C)C=CCCCC1=C(C)CCC(C(=C)C)=C1. The van der Waals surface area contributed by atoms with Gasteiger partial charge in [0, 0.05) is 0 Å². The molecule has 18 heavy (non-hydrogen) atoms. The standard InChI is InChI=1S/C18H26/c1-14(2)9-7-6-8-10-18-13-17(15(3)4)12-11-16(18)5/h7,9,13H,1,3,6,8,10-12H2,2,4-5H3. The van der Waals surface area contributed by atoms with Crippen molar-refractivity contribution in [2.24, 2.45) is 0 Å². The molecule has 0 radical (unpaired) electrons. The second kappa shape index (κ2) is 7.20. The molecule has 98 valence electrons. The van der Waals surface area contributed by atoms with E-state index in [0.717, 1.165) is 12.0 Å². The lowest BCUT2D eigenvalue weighted by Crippen LogP contribution is -1.98. The summed E-state index contributed by atoms with van der Waals surface area (Å²) in [5, 5.41) is 0. The molecule has 0 fully saturated rings. The number of hydrogen-bond donors (Lipinski definition) is 0. The minimum atomic E-state index is 1.13. The quantitative estimate of drug-likeness (QED) is 0.401. The van der Waals surface area contributed by atoms with Crippen molar-refractivity contribution in [2.45, 2.75) is 52.9 Å². The van der Waals surface area contributed by atoms with E-state index in [1.54, 1.807) is 5.57 Å². The first-order valence-electron chi connectivity index (χ1n) is 6.88. The van der Waals surface area contributed by atoms with E-state index >= 15 is 0 Å². The van der Waals surface area contributed by atoms with Gasteiger partial charge in [-0.2, -0.15) is 0 Å². The van der Waals surface area contributed by atoms with Crippen LogP contribution in [0.1, 0.15) is 52.9 Å². The van der Waals surface area contributed by atoms with Crippen LogP contribution >= 0.6 is 0 Å². The zero-order valence-corrected chi connectivity index (χ0v) is 12.2. The van der Waals surface area contributed by atoms with Gasteiger partial charge in [-0.25, -0.2) is 0 Å². The van der Waals surface area contributed by atoms with Crippen molar-refractivity contribution in [3.8, 4) is 0 Å². The van der Waals surface area contributed by atoms with Crippen molar-refractivity contribution in [3.05, 3.63) is 59.3 Å². The fourth-order valence-corrected chi connectivity index (χ4v) is 2.21. The highest BCUT2D eigenvalue weighted by Crippen LogP contribution is 2.29. The molecule has 0 aromatic heterocycles. The highest BCUT2D eigenvalue weighted by atomic mass is 14.2. The Bertz CT molecular complexity index is 413. The Morgan fingerprint density at radius 3 is 2.61 bits per heavy atom. The lowest BCUT2D eigenvalue weighted by atomic mass is 9.88. The van der Waals surface area contributed by atoms with Crippen molar-refractivity contribution in [1.29, 1.82) is 0 Å². The molecular formula is C18H26. The van der Waals surface area contributed by atoms with Crippen LogP contribution in [0.5, 0.6) is 0 Å².